The molecule has 0 bridgehead atoms. The van der Waals surface area contributed by atoms with E-state index >= 15 is 0 Å². The molecule has 1 fully saturated rings. The molecule has 5 rings (SSSR count). The average molecular weight is 383 g/mol. The third kappa shape index (κ3) is 3.68. The van der Waals surface area contributed by atoms with Crippen molar-refractivity contribution in [3.63, 3.8) is 0 Å². The van der Waals surface area contributed by atoms with Crippen LogP contribution in [0, 0.1) is 0 Å². The Balaban J connectivity index is 1.58. The van der Waals surface area contributed by atoms with Crippen molar-refractivity contribution in [2.75, 3.05) is 4.90 Å². The standard InChI is InChI=1S/C24H25N5/c1-2-8-20(9-3-1)29(23-12-4-10-21(18-23)27-16-6-14-25-27)24-13-5-11-22(19-24)28-17-7-15-26-28/h4-7,10-20H,1-3,8-9H2. The van der Waals surface area contributed by atoms with Gasteiger partial charge < -0.3 is 4.90 Å². The third-order valence-electron chi connectivity index (χ3n) is 5.69. The Hall–Kier alpha value is -3.34. The van der Waals surface area contributed by atoms with Crippen molar-refractivity contribution in [2.45, 2.75) is 38.1 Å². The molecule has 0 aliphatic heterocycles. The van der Waals surface area contributed by atoms with E-state index in [9.17, 15) is 0 Å². The van der Waals surface area contributed by atoms with E-state index in [1.165, 1.54) is 43.5 Å². The number of aromatic nitrogens is 4. The van der Waals surface area contributed by atoms with Gasteiger partial charge in [-0.15, -0.1) is 0 Å². The van der Waals surface area contributed by atoms with E-state index in [0.29, 0.717) is 6.04 Å². The first-order valence-corrected chi connectivity index (χ1v) is 10.4. The number of hydrogen-bond donors (Lipinski definition) is 0. The van der Waals surface area contributed by atoms with Gasteiger partial charge in [-0.3, -0.25) is 0 Å². The Bertz CT molecular complexity index is 969. The van der Waals surface area contributed by atoms with Crippen molar-refractivity contribution < 1.29 is 0 Å². The van der Waals surface area contributed by atoms with Gasteiger partial charge in [0.25, 0.3) is 0 Å². The van der Waals surface area contributed by atoms with Gasteiger partial charge in [0, 0.05) is 42.2 Å². The SMILES string of the molecule is c1cc(N(c2cccc(-n3cccn3)c2)C2CCCCC2)cc(-n2cccn2)c1. The third-order valence-corrected chi connectivity index (χ3v) is 5.69. The van der Waals surface area contributed by atoms with Gasteiger partial charge in [0.05, 0.1) is 11.4 Å². The summed E-state index contributed by atoms with van der Waals surface area (Å²) in [4.78, 5) is 2.51. The molecule has 1 aliphatic rings. The van der Waals surface area contributed by atoms with Crippen LogP contribution >= 0.6 is 0 Å². The number of hydrogen-bond acceptors (Lipinski definition) is 3. The highest BCUT2D eigenvalue weighted by atomic mass is 15.3. The first-order valence-electron chi connectivity index (χ1n) is 10.4. The summed E-state index contributed by atoms with van der Waals surface area (Å²) in [6.07, 6.45) is 14.0. The summed E-state index contributed by atoms with van der Waals surface area (Å²) in [5.74, 6) is 0. The van der Waals surface area contributed by atoms with Crippen LogP contribution in [0.2, 0.25) is 0 Å². The zero-order valence-electron chi connectivity index (χ0n) is 16.4. The fourth-order valence-electron chi connectivity index (χ4n) is 4.32. The fraction of sp³-hybridized carbons (Fsp3) is 0.250. The van der Waals surface area contributed by atoms with Crippen molar-refractivity contribution >= 4 is 11.4 Å². The summed E-state index contributed by atoms with van der Waals surface area (Å²) in [5, 5.41) is 8.81. The predicted octanol–water partition coefficient (Wildman–Crippen LogP) is 5.53. The molecule has 0 unspecified atom stereocenters. The lowest BCUT2D eigenvalue weighted by atomic mass is 9.93. The maximum Gasteiger partial charge on any atom is 0.0666 e. The van der Waals surface area contributed by atoms with Gasteiger partial charge in [-0.1, -0.05) is 31.4 Å². The molecule has 2 heterocycles. The summed E-state index contributed by atoms with van der Waals surface area (Å²) >= 11 is 0. The Morgan fingerprint density at radius 2 is 1.24 bits per heavy atom. The highest BCUT2D eigenvalue weighted by molar-refractivity contribution is 5.68. The van der Waals surface area contributed by atoms with Gasteiger partial charge in [-0.2, -0.15) is 10.2 Å². The first-order chi connectivity index (χ1) is 14.4. The number of nitrogens with zero attached hydrogens (tertiary/aromatic N) is 5. The topological polar surface area (TPSA) is 38.9 Å². The normalized spacial score (nSPS) is 14.8. The van der Waals surface area contributed by atoms with Gasteiger partial charge in [0.2, 0.25) is 0 Å². The highest BCUT2D eigenvalue weighted by Gasteiger charge is 2.23. The molecule has 0 amide bonds. The first kappa shape index (κ1) is 17.7. The molecule has 4 aromatic rings. The van der Waals surface area contributed by atoms with Gasteiger partial charge in [-0.25, -0.2) is 9.36 Å². The van der Waals surface area contributed by atoms with Crippen LogP contribution in [0.4, 0.5) is 11.4 Å². The molecule has 0 spiro atoms. The van der Waals surface area contributed by atoms with E-state index in [4.69, 9.17) is 0 Å². The van der Waals surface area contributed by atoms with Crippen molar-refractivity contribution in [1.29, 1.82) is 0 Å². The number of benzene rings is 2. The Morgan fingerprint density at radius 3 is 1.72 bits per heavy atom. The molecule has 146 valence electrons. The summed E-state index contributed by atoms with van der Waals surface area (Å²) in [6, 6.07) is 21.8. The molecule has 2 aromatic heterocycles. The molecular weight excluding hydrogens is 358 g/mol. The summed E-state index contributed by atoms with van der Waals surface area (Å²) < 4.78 is 3.84. The maximum atomic E-state index is 4.41. The fourth-order valence-corrected chi connectivity index (χ4v) is 4.32. The number of rotatable bonds is 5. The largest absolute Gasteiger partial charge is 0.338 e. The molecule has 0 radical (unpaired) electrons. The van der Waals surface area contributed by atoms with Crippen molar-refractivity contribution in [3.05, 3.63) is 85.5 Å². The minimum atomic E-state index is 0.504. The Labute approximate surface area is 171 Å². The average Bonchev–Trinajstić information content (AvgIpc) is 3.50. The van der Waals surface area contributed by atoms with Gasteiger partial charge in [-0.05, 0) is 61.4 Å². The van der Waals surface area contributed by atoms with Crippen LogP contribution in [-0.2, 0) is 0 Å². The maximum absolute atomic E-state index is 4.41. The second kappa shape index (κ2) is 7.95. The lowest BCUT2D eigenvalue weighted by Gasteiger charge is -2.36. The molecular formula is C24H25N5. The van der Waals surface area contributed by atoms with Crippen molar-refractivity contribution in [2.24, 2.45) is 0 Å². The molecule has 5 heteroatoms. The molecule has 1 aliphatic carbocycles. The van der Waals surface area contributed by atoms with Crippen LogP contribution in [0.3, 0.4) is 0 Å². The number of anilines is 2. The molecule has 29 heavy (non-hydrogen) atoms. The highest BCUT2D eigenvalue weighted by Crippen LogP contribution is 2.35. The molecule has 0 N–H and O–H groups in total. The van der Waals surface area contributed by atoms with Gasteiger partial charge in [0.1, 0.15) is 0 Å². The van der Waals surface area contributed by atoms with Crippen molar-refractivity contribution in [1.82, 2.24) is 19.6 Å². The molecule has 2 aromatic carbocycles. The minimum absolute atomic E-state index is 0.504. The van der Waals surface area contributed by atoms with Gasteiger partial charge in [0.15, 0.2) is 0 Å². The lowest BCUT2D eigenvalue weighted by Crippen LogP contribution is -2.33. The minimum Gasteiger partial charge on any atom is -0.338 e. The van der Waals surface area contributed by atoms with Crippen LogP contribution in [0.25, 0.3) is 11.4 Å². The summed E-state index contributed by atoms with van der Waals surface area (Å²) in [5.41, 5.74) is 4.58. The zero-order valence-corrected chi connectivity index (χ0v) is 16.4. The second-order valence-corrected chi connectivity index (χ2v) is 7.60. The van der Waals surface area contributed by atoms with E-state index in [2.05, 4.69) is 63.6 Å². The van der Waals surface area contributed by atoms with Gasteiger partial charge >= 0.3 is 0 Å². The van der Waals surface area contributed by atoms with E-state index < -0.39 is 0 Å². The quantitative estimate of drug-likeness (QED) is 0.455. The van der Waals surface area contributed by atoms with E-state index in [-0.39, 0.29) is 0 Å². The van der Waals surface area contributed by atoms with Crippen LogP contribution in [-0.4, -0.2) is 25.6 Å². The van der Waals surface area contributed by atoms with E-state index in [1.807, 2.05) is 46.3 Å². The monoisotopic (exact) mass is 383 g/mol. The molecule has 0 atom stereocenters. The zero-order chi connectivity index (χ0) is 19.5. The Morgan fingerprint density at radius 1 is 0.690 bits per heavy atom. The Kier molecular flexibility index (Phi) is 4.87. The van der Waals surface area contributed by atoms with E-state index in [1.54, 1.807) is 0 Å². The van der Waals surface area contributed by atoms with Crippen LogP contribution in [0.5, 0.6) is 0 Å². The molecule has 1 saturated carbocycles. The van der Waals surface area contributed by atoms with Crippen LogP contribution < -0.4 is 4.90 Å². The van der Waals surface area contributed by atoms with Crippen LogP contribution in [0.15, 0.2) is 85.5 Å². The second-order valence-electron chi connectivity index (χ2n) is 7.60. The smallest absolute Gasteiger partial charge is 0.0666 e. The molecule has 0 saturated heterocycles. The summed E-state index contributed by atoms with van der Waals surface area (Å²) in [7, 11) is 0. The lowest BCUT2D eigenvalue weighted by molar-refractivity contribution is 0.436. The van der Waals surface area contributed by atoms with Crippen molar-refractivity contribution in [3.8, 4) is 11.4 Å². The van der Waals surface area contributed by atoms with E-state index in [0.717, 1.165) is 11.4 Å². The summed E-state index contributed by atoms with van der Waals surface area (Å²) in [6.45, 7) is 0. The van der Waals surface area contributed by atoms with Crippen LogP contribution in [0.1, 0.15) is 32.1 Å². The predicted molar refractivity (Wildman–Crippen MR) is 116 cm³/mol. The molecule has 5 nitrogen and oxygen atoms in total.